The van der Waals surface area contributed by atoms with Crippen LogP contribution in [0.5, 0.6) is 5.75 Å². The second-order valence-corrected chi connectivity index (χ2v) is 8.42. The van der Waals surface area contributed by atoms with Crippen molar-refractivity contribution in [3.05, 3.63) is 65.6 Å². The molecule has 0 saturated carbocycles. The molecule has 4 rings (SSSR count). The number of carbonyl (C=O) groups is 2. The Bertz CT molecular complexity index is 990. The number of imide groups is 1. The molecule has 0 aromatic heterocycles. The van der Waals surface area contributed by atoms with Gasteiger partial charge in [0.1, 0.15) is 17.3 Å². The molecule has 0 radical (unpaired) electrons. The predicted molar refractivity (Wildman–Crippen MR) is 118 cm³/mol. The van der Waals surface area contributed by atoms with Crippen molar-refractivity contribution in [2.75, 3.05) is 24.6 Å². The number of anilines is 1. The molecule has 1 saturated heterocycles. The van der Waals surface area contributed by atoms with E-state index in [2.05, 4.69) is 13.8 Å². The Morgan fingerprint density at radius 2 is 1.55 bits per heavy atom. The lowest BCUT2D eigenvalue weighted by molar-refractivity contribution is -0.120. The Morgan fingerprint density at radius 1 is 0.903 bits per heavy atom. The lowest BCUT2D eigenvalue weighted by Gasteiger charge is -2.29. The molecule has 5 nitrogen and oxygen atoms in total. The molecule has 31 heavy (non-hydrogen) atoms. The zero-order valence-electron chi connectivity index (χ0n) is 17.9. The summed E-state index contributed by atoms with van der Waals surface area (Å²) >= 11 is 0. The van der Waals surface area contributed by atoms with Crippen LogP contribution in [-0.2, 0) is 9.59 Å². The molecular formula is C25H27FN2O3. The van der Waals surface area contributed by atoms with Gasteiger partial charge in [0.25, 0.3) is 11.8 Å². The van der Waals surface area contributed by atoms with Crippen LogP contribution in [0.1, 0.15) is 38.7 Å². The number of rotatable bonds is 6. The molecule has 2 aromatic rings. The number of halogens is 1. The number of hydrogen-bond acceptors (Lipinski definition) is 4. The van der Waals surface area contributed by atoms with Gasteiger partial charge in [0, 0.05) is 13.1 Å². The van der Waals surface area contributed by atoms with E-state index in [-0.39, 0.29) is 11.8 Å². The first-order valence-electron chi connectivity index (χ1n) is 10.8. The third kappa shape index (κ3) is 4.33. The molecule has 2 aliphatic heterocycles. The Kier molecular flexibility index (Phi) is 6.07. The van der Waals surface area contributed by atoms with Gasteiger partial charge in [0.15, 0.2) is 0 Å². The maximum Gasteiger partial charge on any atom is 0.282 e. The fourth-order valence-corrected chi connectivity index (χ4v) is 3.99. The van der Waals surface area contributed by atoms with Crippen molar-refractivity contribution in [3.63, 3.8) is 0 Å². The van der Waals surface area contributed by atoms with Gasteiger partial charge in [-0.05, 0) is 67.1 Å². The average Bonchev–Trinajstić information content (AvgIpc) is 3.04. The van der Waals surface area contributed by atoms with Gasteiger partial charge in [-0.25, -0.2) is 9.29 Å². The van der Waals surface area contributed by atoms with E-state index in [0.29, 0.717) is 35.0 Å². The lowest BCUT2D eigenvalue weighted by atomic mass is 10.0. The van der Waals surface area contributed by atoms with E-state index < -0.39 is 5.82 Å². The Morgan fingerprint density at radius 3 is 2.16 bits per heavy atom. The predicted octanol–water partition coefficient (Wildman–Crippen LogP) is 4.63. The van der Waals surface area contributed by atoms with Crippen LogP contribution in [0.25, 0.3) is 5.57 Å². The van der Waals surface area contributed by atoms with E-state index in [1.807, 2.05) is 29.2 Å². The summed E-state index contributed by atoms with van der Waals surface area (Å²) in [6, 6.07) is 12.8. The summed E-state index contributed by atoms with van der Waals surface area (Å²) in [6.45, 7) is 6.25. The average molecular weight is 423 g/mol. The number of hydrogen-bond donors (Lipinski definition) is 0. The van der Waals surface area contributed by atoms with Gasteiger partial charge in [-0.3, -0.25) is 9.59 Å². The Balaban J connectivity index is 1.71. The van der Waals surface area contributed by atoms with Crippen molar-refractivity contribution in [3.8, 4) is 5.75 Å². The van der Waals surface area contributed by atoms with Gasteiger partial charge in [0.2, 0.25) is 0 Å². The molecule has 2 aromatic carbocycles. The van der Waals surface area contributed by atoms with Gasteiger partial charge in [-0.1, -0.05) is 26.0 Å². The standard InChI is InChI=1S/C25H27FN2O3/c1-17(2)16-31-21-12-6-18(7-13-21)22-23(27-14-4-3-5-15-27)25(30)28(24(22)29)20-10-8-19(26)9-11-20/h6-13,17H,3-5,14-16H2,1-2H3. The van der Waals surface area contributed by atoms with Crippen LogP contribution < -0.4 is 9.64 Å². The van der Waals surface area contributed by atoms with Crippen LogP contribution in [0.3, 0.4) is 0 Å². The second-order valence-electron chi connectivity index (χ2n) is 8.42. The number of piperidine rings is 1. The molecule has 162 valence electrons. The van der Waals surface area contributed by atoms with E-state index in [0.717, 1.165) is 43.0 Å². The van der Waals surface area contributed by atoms with Crippen molar-refractivity contribution in [1.82, 2.24) is 4.90 Å². The van der Waals surface area contributed by atoms with Gasteiger partial charge in [-0.15, -0.1) is 0 Å². The third-order valence-corrected chi connectivity index (χ3v) is 5.54. The maximum absolute atomic E-state index is 13.5. The van der Waals surface area contributed by atoms with Crippen molar-refractivity contribution in [2.45, 2.75) is 33.1 Å². The maximum atomic E-state index is 13.5. The molecule has 0 aliphatic carbocycles. The van der Waals surface area contributed by atoms with Crippen molar-refractivity contribution in [2.24, 2.45) is 5.92 Å². The molecule has 2 amide bonds. The van der Waals surface area contributed by atoms with Gasteiger partial charge in [0.05, 0.1) is 17.9 Å². The van der Waals surface area contributed by atoms with E-state index in [1.165, 1.54) is 24.3 Å². The van der Waals surface area contributed by atoms with E-state index in [4.69, 9.17) is 4.74 Å². The highest BCUT2D eigenvalue weighted by atomic mass is 19.1. The van der Waals surface area contributed by atoms with Crippen molar-refractivity contribution >= 4 is 23.1 Å². The molecule has 0 unspecified atom stereocenters. The number of carbonyl (C=O) groups excluding carboxylic acids is 2. The largest absolute Gasteiger partial charge is 0.493 e. The first kappa shape index (κ1) is 21.1. The fraction of sp³-hybridized carbons (Fsp3) is 0.360. The molecule has 2 aliphatic rings. The zero-order valence-corrected chi connectivity index (χ0v) is 17.9. The highest BCUT2D eigenvalue weighted by molar-refractivity contribution is 6.45. The quantitative estimate of drug-likeness (QED) is 0.637. The number of ether oxygens (including phenoxy) is 1. The first-order valence-corrected chi connectivity index (χ1v) is 10.8. The lowest BCUT2D eigenvalue weighted by Crippen LogP contribution is -2.37. The zero-order chi connectivity index (χ0) is 22.0. The van der Waals surface area contributed by atoms with Gasteiger partial charge < -0.3 is 9.64 Å². The summed E-state index contributed by atoms with van der Waals surface area (Å²) in [5.74, 6) is -0.0120. The number of amides is 2. The number of nitrogens with zero attached hydrogens (tertiary/aromatic N) is 2. The minimum atomic E-state index is -0.413. The van der Waals surface area contributed by atoms with Crippen LogP contribution in [0, 0.1) is 11.7 Å². The van der Waals surface area contributed by atoms with Crippen LogP contribution in [0.4, 0.5) is 10.1 Å². The normalized spacial score (nSPS) is 17.2. The van der Waals surface area contributed by atoms with E-state index >= 15 is 0 Å². The van der Waals surface area contributed by atoms with Crippen LogP contribution >= 0.6 is 0 Å². The van der Waals surface area contributed by atoms with Gasteiger partial charge >= 0.3 is 0 Å². The summed E-state index contributed by atoms with van der Waals surface area (Å²) in [4.78, 5) is 30.0. The van der Waals surface area contributed by atoms with Crippen molar-refractivity contribution in [1.29, 1.82) is 0 Å². The minimum Gasteiger partial charge on any atom is -0.493 e. The SMILES string of the molecule is CC(C)COc1ccc(C2=C(N3CCCCC3)C(=O)N(c3ccc(F)cc3)C2=O)cc1. The third-order valence-electron chi connectivity index (χ3n) is 5.54. The van der Waals surface area contributed by atoms with E-state index in [1.54, 1.807) is 0 Å². The molecule has 0 atom stereocenters. The summed E-state index contributed by atoms with van der Waals surface area (Å²) in [7, 11) is 0. The first-order chi connectivity index (χ1) is 15.0. The molecule has 6 heteroatoms. The highest BCUT2D eigenvalue weighted by Crippen LogP contribution is 2.36. The van der Waals surface area contributed by atoms with E-state index in [9.17, 15) is 14.0 Å². The molecule has 0 N–H and O–H groups in total. The molecule has 2 heterocycles. The minimum absolute atomic E-state index is 0.353. The smallest absolute Gasteiger partial charge is 0.282 e. The number of likely N-dealkylation sites (tertiary alicyclic amines) is 1. The molecule has 1 fully saturated rings. The molecule has 0 spiro atoms. The topological polar surface area (TPSA) is 49.9 Å². The van der Waals surface area contributed by atoms with Crippen LogP contribution in [0.2, 0.25) is 0 Å². The summed E-state index contributed by atoms with van der Waals surface area (Å²) in [5, 5.41) is 0. The summed E-state index contributed by atoms with van der Waals surface area (Å²) < 4.78 is 19.2. The summed E-state index contributed by atoms with van der Waals surface area (Å²) in [6.07, 6.45) is 3.08. The van der Waals surface area contributed by atoms with Crippen molar-refractivity contribution < 1.29 is 18.7 Å². The molecular weight excluding hydrogens is 395 g/mol. The highest BCUT2D eigenvalue weighted by Gasteiger charge is 2.42. The monoisotopic (exact) mass is 422 g/mol. The number of benzene rings is 2. The molecule has 0 bridgehead atoms. The summed E-state index contributed by atoms with van der Waals surface area (Å²) in [5.41, 5.74) is 1.88. The Labute approximate surface area is 182 Å². The van der Waals surface area contributed by atoms with Gasteiger partial charge in [-0.2, -0.15) is 0 Å². The fourth-order valence-electron chi connectivity index (χ4n) is 3.99. The second kappa shape index (κ2) is 8.92. The Hall–Kier alpha value is -3.15. The van der Waals surface area contributed by atoms with Crippen LogP contribution in [-0.4, -0.2) is 36.4 Å². The van der Waals surface area contributed by atoms with Crippen LogP contribution in [0.15, 0.2) is 54.2 Å².